The van der Waals surface area contributed by atoms with Crippen LogP contribution < -0.4 is 0 Å². The molecule has 0 saturated carbocycles. The number of hydrogen-bond donors (Lipinski definition) is 0. The smallest absolute Gasteiger partial charge is 0.306 e. The van der Waals surface area contributed by atoms with Gasteiger partial charge in [-0.1, -0.05) is 30.7 Å². The van der Waals surface area contributed by atoms with Crippen molar-refractivity contribution in [3.05, 3.63) is 34.6 Å². The molecule has 1 aromatic rings. The Bertz CT molecular complexity index is 366. The Morgan fingerprint density at radius 2 is 2.27 bits per heavy atom. The van der Waals surface area contributed by atoms with Crippen LogP contribution in [-0.4, -0.2) is 13.1 Å². The van der Waals surface area contributed by atoms with Gasteiger partial charge in [-0.25, -0.2) is 4.39 Å². The molecular formula is C11H12ClFO2. The van der Waals surface area contributed by atoms with E-state index in [0.717, 1.165) is 0 Å². The van der Waals surface area contributed by atoms with Crippen LogP contribution in [0.1, 0.15) is 24.8 Å². The van der Waals surface area contributed by atoms with Gasteiger partial charge < -0.3 is 4.74 Å². The molecule has 0 bridgehead atoms. The molecule has 1 atom stereocenters. The van der Waals surface area contributed by atoms with Crippen molar-refractivity contribution in [3.63, 3.8) is 0 Å². The highest BCUT2D eigenvalue weighted by Gasteiger charge is 2.16. The lowest BCUT2D eigenvalue weighted by molar-refractivity contribution is -0.140. The van der Waals surface area contributed by atoms with Crippen LogP contribution >= 0.6 is 11.6 Å². The first-order valence-electron chi connectivity index (χ1n) is 4.57. The first kappa shape index (κ1) is 12.0. The van der Waals surface area contributed by atoms with E-state index in [-0.39, 0.29) is 23.3 Å². The Hall–Kier alpha value is -1.09. The summed E-state index contributed by atoms with van der Waals surface area (Å²) >= 11 is 5.64. The van der Waals surface area contributed by atoms with E-state index in [4.69, 9.17) is 11.6 Å². The van der Waals surface area contributed by atoms with Gasteiger partial charge in [0.2, 0.25) is 0 Å². The number of carbonyl (C=O) groups excluding carboxylic acids is 1. The Morgan fingerprint density at radius 1 is 1.60 bits per heavy atom. The first-order valence-corrected chi connectivity index (χ1v) is 4.94. The van der Waals surface area contributed by atoms with Crippen LogP contribution in [0, 0.1) is 5.82 Å². The number of methoxy groups -OCH3 is 1. The fraction of sp³-hybridized carbons (Fsp3) is 0.364. The highest BCUT2D eigenvalue weighted by atomic mass is 35.5. The Morgan fingerprint density at radius 3 is 2.87 bits per heavy atom. The number of ether oxygens (including phenoxy) is 1. The van der Waals surface area contributed by atoms with Gasteiger partial charge in [0.05, 0.1) is 18.6 Å². The molecule has 15 heavy (non-hydrogen) atoms. The van der Waals surface area contributed by atoms with Crippen molar-refractivity contribution in [2.45, 2.75) is 19.3 Å². The van der Waals surface area contributed by atoms with Gasteiger partial charge in [-0.05, 0) is 17.5 Å². The Kier molecular flexibility index (Phi) is 4.09. The number of carbonyl (C=O) groups is 1. The third kappa shape index (κ3) is 2.93. The Balaban J connectivity index is 2.86. The summed E-state index contributed by atoms with van der Waals surface area (Å²) < 4.78 is 18.0. The molecule has 0 radical (unpaired) electrons. The van der Waals surface area contributed by atoms with E-state index in [0.29, 0.717) is 5.56 Å². The summed E-state index contributed by atoms with van der Waals surface area (Å²) in [5, 5.41) is 0.0733. The van der Waals surface area contributed by atoms with Crippen LogP contribution in [0.2, 0.25) is 5.02 Å². The van der Waals surface area contributed by atoms with E-state index in [1.165, 1.54) is 13.2 Å². The van der Waals surface area contributed by atoms with Crippen molar-refractivity contribution < 1.29 is 13.9 Å². The topological polar surface area (TPSA) is 26.3 Å². The number of halogens is 2. The normalized spacial score (nSPS) is 12.3. The molecule has 1 aromatic carbocycles. The van der Waals surface area contributed by atoms with Gasteiger partial charge in [0.25, 0.3) is 0 Å². The predicted octanol–water partition coefficient (Wildman–Crippen LogP) is 3.15. The Labute approximate surface area is 93.0 Å². The summed E-state index contributed by atoms with van der Waals surface area (Å²) in [7, 11) is 1.31. The SMILES string of the molecule is COC(=O)CC(C)c1cccc(Cl)c1F. The third-order valence-electron chi connectivity index (χ3n) is 2.21. The molecular weight excluding hydrogens is 219 g/mol. The summed E-state index contributed by atoms with van der Waals surface area (Å²) in [5.41, 5.74) is 0.438. The van der Waals surface area contributed by atoms with E-state index in [1.807, 2.05) is 0 Å². The van der Waals surface area contributed by atoms with Crippen molar-refractivity contribution >= 4 is 17.6 Å². The lowest BCUT2D eigenvalue weighted by Gasteiger charge is -2.11. The average Bonchev–Trinajstić information content (AvgIpc) is 2.21. The minimum Gasteiger partial charge on any atom is -0.469 e. The molecule has 0 aliphatic carbocycles. The van der Waals surface area contributed by atoms with Gasteiger partial charge in [0.1, 0.15) is 5.82 Å². The molecule has 0 N–H and O–H groups in total. The van der Waals surface area contributed by atoms with Gasteiger partial charge in [-0.15, -0.1) is 0 Å². The van der Waals surface area contributed by atoms with Gasteiger partial charge >= 0.3 is 5.97 Å². The lowest BCUT2D eigenvalue weighted by Crippen LogP contribution is -2.07. The summed E-state index contributed by atoms with van der Waals surface area (Å²) in [6.07, 6.45) is 0.147. The number of hydrogen-bond acceptors (Lipinski definition) is 2. The molecule has 0 spiro atoms. The predicted molar refractivity (Wildman–Crippen MR) is 56.5 cm³/mol. The molecule has 1 unspecified atom stereocenters. The fourth-order valence-corrected chi connectivity index (χ4v) is 1.53. The number of benzene rings is 1. The van der Waals surface area contributed by atoms with Crippen molar-refractivity contribution in [2.75, 3.05) is 7.11 Å². The average molecular weight is 231 g/mol. The third-order valence-corrected chi connectivity index (χ3v) is 2.50. The molecule has 82 valence electrons. The zero-order chi connectivity index (χ0) is 11.4. The molecule has 4 heteroatoms. The quantitative estimate of drug-likeness (QED) is 0.746. The van der Waals surface area contributed by atoms with E-state index in [1.54, 1.807) is 19.1 Å². The standard InChI is InChI=1S/C11H12ClFO2/c1-7(6-10(14)15-2)8-4-3-5-9(12)11(8)13/h3-5,7H,6H2,1-2H3. The van der Waals surface area contributed by atoms with Gasteiger partial charge in [-0.3, -0.25) is 4.79 Å². The monoisotopic (exact) mass is 230 g/mol. The summed E-state index contributed by atoms with van der Waals surface area (Å²) in [6.45, 7) is 1.76. The van der Waals surface area contributed by atoms with E-state index < -0.39 is 5.82 Å². The molecule has 0 aliphatic rings. The van der Waals surface area contributed by atoms with E-state index in [2.05, 4.69) is 4.74 Å². The molecule has 0 aliphatic heterocycles. The summed E-state index contributed by atoms with van der Waals surface area (Å²) in [6, 6.07) is 4.76. The van der Waals surface area contributed by atoms with Crippen LogP contribution in [0.25, 0.3) is 0 Å². The maximum Gasteiger partial charge on any atom is 0.306 e. The van der Waals surface area contributed by atoms with Crippen LogP contribution in [0.15, 0.2) is 18.2 Å². The molecule has 2 nitrogen and oxygen atoms in total. The minimum atomic E-state index is -0.462. The second kappa shape index (κ2) is 5.12. The van der Waals surface area contributed by atoms with Crippen molar-refractivity contribution in [1.82, 2.24) is 0 Å². The highest BCUT2D eigenvalue weighted by Crippen LogP contribution is 2.26. The van der Waals surface area contributed by atoms with E-state index >= 15 is 0 Å². The molecule has 0 heterocycles. The summed E-state index contributed by atoms with van der Waals surface area (Å²) in [4.78, 5) is 11.0. The highest BCUT2D eigenvalue weighted by molar-refractivity contribution is 6.30. The second-order valence-electron chi connectivity index (χ2n) is 3.32. The van der Waals surface area contributed by atoms with Crippen LogP contribution in [0.5, 0.6) is 0 Å². The molecule has 0 saturated heterocycles. The van der Waals surface area contributed by atoms with E-state index in [9.17, 15) is 9.18 Å². The van der Waals surface area contributed by atoms with Crippen LogP contribution in [-0.2, 0) is 9.53 Å². The second-order valence-corrected chi connectivity index (χ2v) is 3.73. The van der Waals surface area contributed by atoms with Crippen molar-refractivity contribution in [1.29, 1.82) is 0 Å². The van der Waals surface area contributed by atoms with Gasteiger partial charge in [0.15, 0.2) is 0 Å². The van der Waals surface area contributed by atoms with Gasteiger partial charge in [-0.2, -0.15) is 0 Å². The lowest BCUT2D eigenvalue weighted by atomic mass is 9.97. The zero-order valence-electron chi connectivity index (χ0n) is 8.59. The molecule has 0 aromatic heterocycles. The maximum atomic E-state index is 13.5. The van der Waals surface area contributed by atoms with Crippen LogP contribution in [0.3, 0.4) is 0 Å². The zero-order valence-corrected chi connectivity index (χ0v) is 9.34. The first-order chi connectivity index (χ1) is 7.06. The fourth-order valence-electron chi connectivity index (χ4n) is 1.34. The minimum absolute atomic E-state index is 0.0733. The van der Waals surface area contributed by atoms with Gasteiger partial charge in [0, 0.05) is 0 Å². The summed E-state index contributed by atoms with van der Waals surface area (Å²) in [5.74, 6) is -1.06. The number of esters is 1. The maximum absolute atomic E-state index is 13.5. The molecule has 0 amide bonds. The van der Waals surface area contributed by atoms with Crippen molar-refractivity contribution in [3.8, 4) is 0 Å². The van der Waals surface area contributed by atoms with Crippen LogP contribution in [0.4, 0.5) is 4.39 Å². The molecule has 1 rings (SSSR count). The largest absolute Gasteiger partial charge is 0.469 e. The van der Waals surface area contributed by atoms with Crippen molar-refractivity contribution in [2.24, 2.45) is 0 Å². The number of rotatable bonds is 3. The molecule has 0 fully saturated rings.